The zero-order valence-corrected chi connectivity index (χ0v) is 12.5. The Morgan fingerprint density at radius 3 is 2.33 bits per heavy atom. The van der Waals surface area contributed by atoms with Gasteiger partial charge < -0.3 is 10.2 Å². The van der Waals surface area contributed by atoms with Crippen molar-refractivity contribution < 1.29 is 19.8 Å². The first-order valence-corrected chi connectivity index (χ1v) is 7.46. The zero-order valence-electron chi connectivity index (χ0n) is 12.5. The minimum atomic E-state index is -1.77. The number of carbonyl (C=O) groups is 2. The number of hydrogen-bond acceptors (Lipinski definition) is 3. The highest BCUT2D eigenvalue weighted by molar-refractivity contribution is 6.04. The van der Waals surface area contributed by atoms with Crippen molar-refractivity contribution in [3.05, 3.63) is 35.4 Å². The second kappa shape index (κ2) is 5.98. The summed E-state index contributed by atoms with van der Waals surface area (Å²) in [6.07, 6.45) is 1.98. The molecule has 0 bridgehead atoms. The van der Waals surface area contributed by atoms with Crippen molar-refractivity contribution in [1.82, 2.24) is 0 Å². The molecule has 21 heavy (non-hydrogen) atoms. The summed E-state index contributed by atoms with van der Waals surface area (Å²) in [6, 6.07) is 7.09. The Balaban J connectivity index is 2.30. The van der Waals surface area contributed by atoms with E-state index in [2.05, 4.69) is 13.8 Å². The van der Waals surface area contributed by atoms with Gasteiger partial charge in [0.05, 0.1) is 5.92 Å². The predicted molar refractivity (Wildman–Crippen MR) is 79.4 cm³/mol. The van der Waals surface area contributed by atoms with Gasteiger partial charge in [0.25, 0.3) is 0 Å². The van der Waals surface area contributed by atoms with Gasteiger partial charge in [-0.1, -0.05) is 51.0 Å². The summed E-state index contributed by atoms with van der Waals surface area (Å²) in [5.74, 6) is -2.21. The zero-order chi connectivity index (χ0) is 15.6. The van der Waals surface area contributed by atoms with Gasteiger partial charge in [-0.05, 0) is 24.3 Å². The highest BCUT2D eigenvalue weighted by Crippen LogP contribution is 2.36. The van der Waals surface area contributed by atoms with Crippen molar-refractivity contribution in [3.8, 4) is 0 Å². The Labute approximate surface area is 124 Å². The van der Waals surface area contributed by atoms with Crippen LogP contribution in [0.15, 0.2) is 24.3 Å². The minimum absolute atomic E-state index is 0.217. The Bertz CT molecular complexity index is 532. The molecule has 0 aromatic heterocycles. The number of carboxylic acid groups (broad SMARTS) is 1. The van der Waals surface area contributed by atoms with Crippen LogP contribution in [0.4, 0.5) is 0 Å². The van der Waals surface area contributed by atoms with Crippen LogP contribution in [0.1, 0.15) is 61.4 Å². The smallest absolute Gasteiger partial charge is 0.309 e. The number of carboxylic acids is 1. The van der Waals surface area contributed by atoms with Gasteiger partial charge in [0, 0.05) is 5.56 Å². The fourth-order valence-electron chi connectivity index (χ4n) is 3.02. The van der Waals surface area contributed by atoms with Gasteiger partial charge in [-0.3, -0.25) is 9.59 Å². The average Bonchev–Trinajstić information content (AvgIpc) is 2.46. The van der Waals surface area contributed by atoms with Crippen LogP contribution in [0.5, 0.6) is 0 Å². The molecule has 0 spiro atoms. The molecule has 0 heterocycles. The lowest BCUT2D eigenvalue weighted by atomic mass is 9.71. The third kappa shape index (κ3) is 3.00. The largest absolute Gasteiger partial charge is 0.481 e. The number of benzene rings is 1. The first kappa shape index (κ1) is 15.7. The van der Waals surface area contributed by atoms with E-state index in [0.717, 1.165) is 12.0 Å². The first-order valence-electron chi connectivity index (χ1n) is 7.46. The predicted octanol–water partition coefficient (Wildman–Crippen LogP) is 3.00. The molecule has 1 aromatic rings. The Kier molecular flexibility index (Phi) is 4.47. The molecule has 0 amide bonds. The van der Waals surface area contributed by atoms with Gasteiger partial charge in [-0.25, -0.2) is 0 Å². The van der Waals surface area contributed by atoms with E-state index in [1.54, 1.807) is 12.1 Å². The average molecular weight is 290 g/mol. The SMILES string of the molecule is CC(C)c1ccc(C(=O)C2(O)CCCCC2C(=O)O)cc1. The van der Waals surface area contributed by atoms with Gasteiger partial charge in [-0.2, -0.15) is 0 Å². The van der Waals surface area contributed by atoms with E-state index in [1.165, 1.54) is 0 Å². The minimum Gasteiger partial charge on any atom is -0.481 e. The fraction of sp³-hybridized carbons (Fsp3) is 0.529. The maximum atomic E-state index is 12.6. The summed E-state index contributed by atoms with van der Waals surface area (Å²) >= 11 is 0. The summed E-state index contributed by atoms with van der Waals surface area (Å²) in [5.41, 5.74) is -0.282. The fourth-order valence-corrected chi connectivity index (χ4v) is 3.02. The lowest BCUT2D eigenvalue weighted by molar-refractivity contribution is -0.151. The molecule has 2 N–H and O–H groups in total. The van der Waals surface area contributed by atoms with Crippen LogP contribution in [0.3, 0.4) is 0 Å². The monoisotopic (exact) mass is 290 g/mol. The lowest BCUT2D eigenvalue weighted by Gasteiger charge is -2.36. The van der Waals surface area contributed by atoms with Crippen molar-refractivity contribution in [3.63, 3.8) is 0 Å². The standard InChI is InChI=1S/C17H22O4/c1-11(2)12-6-8-13(9-7-12)15(18)17(21)10-4-3-5-14(17)16(19)20/h6-9,11,14,21H,3-5,10H2,1-2H3,(H,19,20). The molecule has 1 aliphatic rings. The molecule has 2 rings (SSSR count). The summed E-state index contributed by atoms with van der Waals surface area (Å²) in [4.78, 5) is 23.9. The quantitative estimate of drug-likeness (QED) is 0.836. The molecule has 1 fully saturated rings. The van der Waals surface area contributed by atoms with E-state index in [4.69, 9.17) is 0 Å². The highest BCUT2D eigenvalue weighted by Gasteiger charge is 2.49. The summed E-state index contributed by atoms with van der Waals surface area (Å²) in [5, 5.41) is 19.9. The van der Waals surface area contributed by atoms with E-state index < -0.39 is 23.3 Å². The van der Waals surface area contributed by atoms with E-state index in [-0.39, 0.29) is 6.42 Å². The van der Waals surface area contributed by atoms with Crippen LogP contribution in [0.25, 0.3) is 0 Å². The molecule has 0 saturated heterocycles. The molecule has 4 nitrogen and oxygen atoms in total. The van der Waals surface area contributed by atoms with Gasteiger partial charge in [-0.15, -0.1) is 0 Å². The molecule has 1 aromatic carbocycles. The van der Waals surface area contributed by atoms with Crippen LogP contribution in [-0.4, -0.2) is 27.6 Å². The maximum absolute atomic E-state index is 12.6. The lowest BCUT2D eigenvalue weighted by Crippen LogP contribution is -2.51. The normalized spacial score (nSPS) is 25.8. The molecule has 114 valence electrons. The number of rotatable bonds is 4. The topological polar surface area (TPSA) is 74.6 Å². The molecule has 2 unspecified atom stereocenters. The molecule has 1 saturated carbocycles. The van der Waals surface area contributed by atoms with E-state index in [0.29, 0.717) is 24.3 Å². The van der Waals surface area contributed by atoms with Crippen molar-refractivity contribution in [2.45, 2.75) is 51.0 Å². The van der Waals surface area contributed by atoms with Crippen molar-refractivity contribution >= 4 is 11.8 Å². The van der Waals surface area contributed by atoms with Gasteiger partial charge in [0.1, 0.15) is 5.60 Å². The van der Waals surface area contributed by atoms with E-state index >= 15 is 0 Å². The van der Waals surface area contributed by atoms with E-state index in [9.17, 15) is 19.8 Å². The van der Waals surface area contributed by atoms with Crippen molar-refractivity contribution in [2.75, 3.05) is 0 Å². The first-order chi connectivity index (χ1) is 9.86. The third-order valence-electron chi connectivity index (χ3n) is 4.41. The summed E-state index contributed by atoms with van der Waals surface area (Å²) in [7, 11) is 0. The van der Waals surface area contributed by atoms with Gasteiger partial charge in [0.2, 0.25) is 0 Å². The summed E-state index contributed by atoms with van der Waals surface area (Å²) in [6.45, 7) is 4.12. The van der Waals surface area contributed by atoms with Crippen LogP contribution in [-0.2, 0) is 4.79 Å². The molecule has 1 aliphatic carbocycles. The molecular formula is C17H22O4. The molecular weight excluding hydrogens is 268 g/mol. The van der Waals surface area contributed by atoms with Crippen LogP contribution < -0.4 is 0 Å². The number of ketones is 1. The number of carbonyl (C=O) groups excluding carboxylic acids is 1. The third-order valence-corrected chi connectivity index (χ3v) is 4.41. The molecule has 4 heteroatoms. The van der Waals surface area contributed by atoms with Gasteiger partial charge in [0.15, 0.2) is 5.78 Å². The molecule has 0 aliphatic heterocycles. The number of aliphatic hydroxyl groups is 1. The Morgan fingerprint density at radius 2 is 1.81 bits per heavy atom. The van der Waals surface area contributed by atoms with Crippen LogP contribution in [0, 0.1) is 5.92 Å². The highest BCUT2D eigenvalue weighted by atomic mass is 16.4. The Morgan fingerprint density at radius 1 is 1.19 bits per heavy atom. The molecule has 2 atom stereocenters. The second-order valence-electron chi connectivity index (χ2n) is 6.17. The molecule has 0 radical (unpaired) electrons. The van der Waals surface area contributed by atoms with Crippen LogP contribution in [0.2, 0.25) is 0 Å². The maximum Gasteiger partial charge on any atom is 0.309 e. The van der Waals surface area contributed by atoms with Crippen molar-refractivity contribution in [1.29, 1.82) is 0 Å². The Hall–Kier alpha value is -1.68. The van der Waals surface area contributed by atoms with Crippen molar-refractivity contribution in [2.24, 2.45) is 5.92 Å². The number of hydrogen-bond donors (Lipinski definition) is 2. The van der Waals surface area contributed by atoms with Crippen LogP contribution >= 0.6 is 0 Å². The van der Waals surface area contributed by atoms with E-state index in [1.807, 2.05) is 12.1 Å². The number of aliphatic carboxylic acids is 1. The second-order valence-corrected chi connectivity index (χ2v) is 6.17. The number of Topliss-reactive ketones (excluding diaryl/α,β-unsaturated/α-hetero) is 1. The summed E-state index contributed by atoms with van der Waals surface area (Å²) < 4.78 is 0. The van der Waals surface area contributed by atoms with Gasteiger partial charge >= 0.3 is 5.97 Å².